The van der Waals surface area contributed by atoms with Crippen molar-refractivity contribution in [2.75, 3.05) is 43.6 Å². The maximum absolute atomic E-state index is 9.98. The number of fused-ring (bicyclic) bond motifs is 1. The molecule has 0 aliphatic heterocycles. The summed E-state index contributed by atoms with van der Waals surface area (Å²) in [6.45, 7) is 11.5. The second-order valence-corrected chi connectivity index (χ2v) is 9.76. The van der Waals surface area contributed by atoms with Gasteiger partial charge in [-0.2, -0.15) is 5.26 Å². The summed E-state index contributed by atoms with van der Waals surface area (Å²) in [5, 5.41) is 17.7. The van der Waals surface area contributed by atoms with Gasteiger partial charge in [-0.15, -0.1) is 0 Å². The maximum atomic E-state index is 9.98. The highest BCUT2D eigenvalue weighted by Crippen LogP contribution is 2.39. The molecule has 2 heterocycles. The molecule has 0 aliphatic rings. The minimum Gasteiger partial charge on any atom is -0.492 e. The summed E-state index contributed by atoms with van der Waals surface area (Å²) < 4.78 is 11.7. The fourth-order valence-corrected chi connectivity index (χ4v) is 4.26. The molecule has 0 fully saturated rings. The fraction of sp³-hybridized carbons (Fsp3) is 0.242. The van der Waals surface area contributed by atoms with Crippen LogP contribution in [0, 0.1) is 11.3 Å². The molecular weight excluding hydrogens is 562 g/mol. The van der Waals surface area contributed by atoms with E-state index in [2.05, 4.69) is 33.2 Å². The predicted molar refractivity (Wildman–Crippen MR) is 177 cm³/mol. The van der Waals surface area contributed by atoms with Gasteiger partial charge in [0.1, 0.15) is 35.6 Å². The number of nitrogens with two attached hydrogens (primary N) is 1. The number of nitriles is 1. The van der Waals surface area contributed by atoms with Crippen LogP contribution in [0.15, 0.2) is 79.2 Å². The Bertz CT molecular complexity index is 1620. The van der Waals surface area contributed by atoms with E-state index < -0.39 is 0 Å². The normalized spacial score (nSPS) is 10.7. The Balaban J connectivity index is 0.00000248. The van der Waals surface area contributed by atoms with E-state index in [-0.39, 0.29) is 18.0 Å². The first-order chi connectivity index (χ1) is 20.8. The van der Waals surface area contributed by atoms with Crippen LogP contribution in [-0.4, -0.2) is 42.1 Å². The molecule has 0 saturated heterocycles. The van der Waals surface area contributed by atoms with E-state index in [1.165, 1.54) is 0 Å². The van der Waals surface area contributed by atoms with Crippen molar-refractivity contribution >= 4 is 45.4 Å². The summed E-state index contributed by atoms with van der Waals surface area (Å²) in [6.07, 6.45) is 5.62. The quantitative estimate of drug-likeness (QED) is 0.142. The molecule has 0 atom stereocenters. The lowest BCUT2D eigenvalue weighted by molar-refractivity contribution is 0.301. The zero-order chi connectivity index (χ0) is 31.4. The van der Waals surface area contributed by atoms with E-state index in [1.807, 2.05) is 82.3 Å². The molecule has 9 nitrogen and oxygen atoms in total. The van der Waals surface area contributed by atoms with Gasteiger partial charge in [0.2, 0.25) is 0 Å². The van der Waals surface area contributed by atoms with Crippen LogP contribution in [-0.2, 0) is 6.61 Å². The lowest BCUT2D eigenvalue weighted by Crippen LogP contribution is -2.10. The molecule has 10 heteroatoms. The highest BCUT2D eigenvalue weighted by molar-refractivity contribution is 6.32. The molecule has 2 aromatic carbocycles. The van der Waals surface area contributed by atoms with Crippen molar-refractivity contribution in [1.82, 2.24) is 14.9 Å². The summed E-state index contributed by atoms with van der Waals surface area (Å²) >= 11 is 6.55. The van der Waals surface area contributed by atoms with Gasteiger partial charge in [0.15, 0.2) is 0 Å². The molecule has 4 aromatic rings. The number of benzene rings is 2. The number of nitrogens with zero attached hydrogens (tertiary/aromatic N) is 4. The molecule has 0 radical (unpaired) electrons. The molecule has 0 bridgehead atoms. The third-order valence-corrected chi connectivity index (χ3v) is 6.21. The van der Waals surface area contributed by atoms with Crippen molar-refractivity contribution in [2.24, 2.45) is 0 Å². The average molecular weight is 600 g/mol. The molecule has 4 N–H and O–H groups in total. The van der Waals surface area contributed by atoms with E-state index in [9.17, 15) is 5.26 Å². The Hall–Kier alpha value is -4.78. The minimum absolute atomic E-state index is 0.100. The number of hydrogen-bond acceptors (Lipinski definition) is 9. The molecule has 0 saturated carbocycles. The Morgan fingerprint density at radius 1 is 1.14 bits per heavy atom. The van der Waals surface area contributed by atoms with Gasteiger partial charge in [0, 0.05) is 35.6 Å². The smallest absolute Gasteiger partial charge is 0.144 e. The SMILES string of the molecule is C=C(/C=C/CN(C)C)Nc1cc2c(Nc3ccc(OCc4ccccn4)c(Cl)c3)c(C#N)c(N)nc2cc1OCC.CC. The van der Waals surface area contributed by atoms with Gasteiger partial charge >= 0.3 is 0 Å². The highest BCUT2D eigenvalue weighted by atomic mass is 35.5. The van der Waals surface area contributed by atoms with Crippen LogP contribution < -0.4 is 25.8 Å². The standard InChI is InChI=1S/C31H32ClN7O2.C2H6/c1-5-40-29-17-26-23(16-27(29)36-20(2)9-8-14-39(3)4)30(24(18-33)31(34)38-26)37-21-11-12-28(25(32)15-21)41-19-22-10-6-7-13-35-22;1-2/h6-13,15-17,36H,2,5,14,19H2,1,3-4H3,(H3,34,37,38);1-2H3/b9-8+;. The first-order valence-electron chi connectivity index (χ1n) is 14.0. The topological polar surface area (TPSA) is 121 Å². The predicted octanol–water partition coefficient (Wildman–Crippen LogP) is 7.53. The van der Waals surface area contributed by atoms with E-state index in [0.717, 1.165) is 12.2 Å². The van der Waals surface area contributed by atoms with Crippen LogP contribution in [0.1, 0.15) is 32.0 Å². The number of allylic oxidation sites excluding steroid dienone is 1. The maximum Gasteiger partial charge on any atom is 0.144 e. The first-order valence-corrected chi connectivity index (χ1v) is 14.3. The number of pyridine rings is 2. The number of nitrogen functional groups attached to an aromatic ring is 1. The average Bonchev–Trinajstić information content (AvgIpc) is 2.99. The van der Waals surface area contributed by atoms with Gasteiger partial charge < -0.3 is 30.7 Å². The van der Waals surface area contributed by atoms with Gasteiger partial charge in [-0.25, -0.2) is 4.98 Å². The van der Waals surface area contributed by atoms with E-state index in [1.54, 1.807) is 24.4 Å². The van der Waals surface area contributed by atoms with E-state index in [4.69, 9.17) is 26.8 Å². The summed E-state index contributed by atoms with van der Waals surface area (Å²) in [4.78, 5) is 10.8. The summed E-state index contributed by atoms with van der Waals surface area (Å²) in [6, 6.07) is 16.8. The second kappa shape index (κ2) is 16.0. The van der Waals surface area contributed by atoms with Gasteiger partial charge in [-0.05, 0) is 63.5 Å². The largest absolute Gasteiger partial charge is 0.492 e. The highest BCUT2D eigenvalue weighted by Gasteiger charge is 2.18. The number of ether oxygens (including phenoxy) is 2. The Labute approximate surface area is 258 Å². The molecule has 4 rings (SSSR count). The third kappa shape index (κ3) is 8.85. The Kier molecular flexibility index (Phi) is 12.2. The summed E-state index contributed by atoms with van der Waals surface area (Å²) in [5.74, 6) is 1.20. The van der Waals surface area contributed by atoms with Crippen molar-refractivity contribution in [3.05, 3.63) is 95.4 Å². The number of hydrogen-bond donors (Lipinski definition) is 3. The Morgan fingerprint density at radius 3 is 2.58 bits per heavy atom. The van der Waals surface area contributed by atoms with Crippen molar-refractivity contribution in [2.45, 2.75) is 27.4 Å². The van der Waals surface area contributed by atoms with E-state index >= 15 is 0 Å². The molecule has 224 valence electrons. The number of likely N-dealkylation sites (N-methyl/N-ethyl adjacent to an activating group) is 1. The van der Waals surface area contributed by atoms with E-state index in [0.29, 0.717) is 56.8 Å². The number of aromatic nitrogens is 2. The monoisotopic (exact) mass is 599 g/mol. The van der Waals surface area contributed by atoms with Crippen molar-refractivity contribution in [3.8, 4) is 17.6 Å². The molecule has 43 heavy (non-hydrogen) atoms. The molecule has 0 unspecified atom stereocenters. The Morgan fingerprint density at radius 2 is 1.93 bits per heavy atom. The lowest BCUT2D eigenvalue weighted by Gasteiger charge is -2.18. The lowest BCUT2D eigenvalue weighted by atomic mass is 10.1. The first kappa shape index (κ1) is 32.7. The van der Waals surface area contributed by atoms with Gasteiger partial charge in [0.25, 0.3) is 0 Å². The minimum atomic E-state index is 0.100. The van der Waals surface area contributed by atoms with Crippen molar-refractivity contribution < 1.29 is 9.47 Å². The van der Waals surface area contributed by atoms with Gasteiger partial charge in [-0.1, -0.05) is 44.2 Å². The molecule has 0 spiro atoms. The number of halogens is 1. The van der Waals surface area contributed by atoms with Crippen molar-refractivity contribution in [3.63, 3.8) is 0 Å². The van der Waals surface area contributed by atoms with Crippen LogP contribution in [0.5, 0.6) is 11.5 Å². The molecule has 0 aliphatic carbocycles. The second-order valence-electron chi connectivity index (χ2n) is 9.35. The number of anilines is 4. The van der Waals surface area contributed by atoms with Gasteiger partial charge in [0.05, 0.1) is 34.2 Å². The van der Waals surface area contributed by atoms with Crippen LogP contribution in [0.25, 0.3) is 10.9 Å². The molecular formula is C33H38ClN7O2. The zero-order valence-corrected chi connectivity index (χ0v) is 26.0. The summed E-state index contributed by atoms with van der Waals surface area (Å²) in [7, 11) is 3.99. The van der Waals surface area contributed by atoms with Crippen LogP contribution in [0.3, 0.4) is 0 Å². The van der Waals surface area contributed by atoms with Crippen LogP contribution in [0.4, 0.5) is 22.9 Å². The van der Waals surface area contributed by atoms with Crippen LogP contribution >= 0.6 is 11.6 Å². The van der Waals surface area contributed by atoms with Crippen LogP contribution in [0.2, 0.25) is 5.02 Å². The zero-order valence-electron chi connectivity index (χ0n) is 25.2. The van der Waals surface area contributed by atoms with Crippen molar-refractivity contribution in [1.29, 1.82) is 5.26 Å². The fourth-order valence-electron chi connectivity index (χ4n) is 4.02. The number of nitrogens with one attached hydrogen (secondary N) is 2. The third-order valence-electron chi connectivity index (χ3n) is 5.91. The molecule has 0 amide bonds. The summed E-state index contributed by atoms with van der Waals surface area (Å²) in [5.41, 5.74) is 10.3. The molecule has 2 aromatic heterocycles. The van der Waals surface area contributed by atoms with Gasteiger partial charge in [-0.3, -0.25) is 4.98 Å². The number of rotatable bonds is 12.